The number of nitrogens with two attached hydrogens (primary N) is 1. The van der Waals surface area contributed by atoms with Crippen LogP contribution in [0.1, 0.15) is 13.3 Å². The zero-order valence-electron chi connectivity index (χ0n) is 14.9. The Bertz CT molecular complexity index is 746. The van der Waals surface area contributed by atoms with Gasteiger partial charge in [-0.3, -0.25) is 30.8 Å². The van der Waals surface area contributed by atoms with Gasteiger partial charge in [-0.1, -0.05) is 17.4 Å². The minimum absolute atomic E-state index is 0.710. The third kappa shape index (κ3) is 4.15. The number of amides is 4. The second-order valence-corrected chi connectivity index (χ2v) is 5.32. The Morgan fingerprint density at radius 2 is 1.39 bits per heavy atom. The van der Waals surface area contributed by atoms with Gasteiger partial charge in [-0.2, -0.15) is 0 Å². The van der Waals surface area contributed by atoms with Gasteiger partial charge in [-0.05, 0) is 0 Å². The van der Waals surface area contributed by atoms with E-state index in [1.807, 2.05) is 0 Å². The van der Waals surface area contributed by atoms with Crippen molar-refractivity contribution in [1.82, 2.24) is 15.9 Å². The van der Waals surface area contributed by atoms with Crippen LogP contribution >= 0.6 is 0 Å². The highest BCUT2D eigenvalue weighted by molar-refractivity contribution is 5.69. The maximum Gasteiger partial charge on any atom is 0.462 e. The van der Waals surface area contributed by atoms with Gasteiger partial charge in [-0.25, -0.2) is 24.7 Å². The van der Waals surface area contributed by atoms with E-state index in [-0.39, 0.29) is 0 Å². The van der Waals surface area contributed by atoms with Crippen molar-refractivity contribution >= 4 is 24.4 Å². The van der Waals surface area contributed by atoms with E-state index in [1.165, 1.54) is 0 Å². The molecule has 4 amide bonds. The van der Waals surface area contributed by atoms with Crippen molar-refractivity contribution < 1.29 is 84.2 Å². The van der Waals surface area contributed by atoms with Crippen molar-refractivity contribution in [3.63, 3.8) is 0 Å². The van der Waals surface area contributed by atoms with E-state index in [0.717, 1.165) is 6.92 Å². The Hall–Kier alpha value is -3.28. The number of rotatable bonds is 5. The van der Waals surface area contributed by atoms with Gasteiger partial charge in [0.15, 0.2) is 0 Å². The van der Waals surface area contributed by atoms with Gasteiger partial charge in [0.1, 0.15) is 0 Å². The molecular formula is C10H16N4O17. The third-order valence-corrected chi connectivity index (χ3v) is 3.56. The van der Waals surface area contributed by atoms with Crippen molar-refractivity contribution in [2.24, 2.45) is 5.73 Å². The fraction of sp³-hybridized carbons (Fsp3) is 0.600. The standard InChI is InChI=1S/C10H16N4O17/c1-2-7(29-5(17)13(23)24)8(19,30-6(18)14(25)26)9(20,28-4(16)12-22)10(21,31-7)27-3(11)15/h19-26H,2H2,1H3,(H2,11,15)(H,12,16). The molecule has 21 heteroatoms. The highest BCUT2D eigenvalue weighted by atomic mass is 17.0. The lowest BCUT2D eigenvalue weighted by Crippen LogP contribution is -2.72. The van der Waals surface area contributed by atoms with Crippen molar-refractivity contribution in [3.8, 4) is 0 Å². The lowest BCUT2D eigenvalue weighted by molar-refractivity contribution is -0.452. The maximum absolute atomic E-state index is 11.6. The molecule has 178 valence electrons. The molecule has 4 atom stereocenters. The molecule has 1 saturated heterocycles. The van der Waals surface area contributed by atoms with Crippen molar-refractivity contribution in [1.29, 1.82) is 0 Å². The van der Waals surface area contributed by atoms with Crippen LogP contribution in [-0.2, 0) is 23.7 Å². The van der Waals surface area contributed by atoms with Crippen molar-refractivity contribution in [2.45, 2.75) is 36.7 Å². The van der Waals surface area contributed by atoms with E-state index < -0.39 is 64.6 Å². The molecule has 0 saturated carbocycles. The second-order valence-electron chi connectivity index (χ2n) is 5.32. The summed E-state index contributed by atoms with van der Waals surface area (Å²) in [5.41, 5.74) is 5.38. The number of hydrogen-bond acceptors (Lipinski definition) is 17. The fourth-order valence-electron chi connectivity index (χ4n) is 2.32. The maximum atomic E-state index is 11.6. The molecule has 1 aliphatic heterocycles. The summed E-state index contributed by atoms with van der Waals surface area (Å²) in [6.07, 6.45) is -10.1. The van der Waals surface area contributed by atoms with Crippen LogP contribution < -0.4 is 11.2 Å². The predicted molar refractivity (Wildman–Crippen MR) is 74.8 cm³/mol. The topological polar surface area (TPSA) is 321 Å². The number of primary amides is 1. The average molecular weight is 464 g/mol. The lowest BCUT2D eigenvalue weighted by atomic mass is 9.95. The Balaban J connectivity index is 3.86. The molecule has 0 aromatic rings. The van der Waals surface area contributed by atoms with E-state index in [4.69, 9.17) is 26.0 Å². The van der Waals surface area contributed by atoms with Gasteiger partial charge in [-0.15, -0.1) is 0 Å². The monoisotopic (exact) mass is 464 g/mol. The van der Waals surface area contributed by atoms with Crippen LogP contribution in [0.3, 0.4) is 0 Å². The first-order valence-electron chi connectivity index (χ1n) is 7.35. The first-order chi connectivity index (χ1) is 14.0. The van der Waals surface area contributed by atoms with Crippen LogP contribution in [0.2, 0.25) is 0 Å². The van der Waals surface area contributed by atoms with Crippen LogP contribution in [0.5, 0.6) is 0 Å². The highest BCUT2D eigenvalue weighted by Gasteiger charge is 2.90. The third-order valence-electron chi connectivity index (χ3n) is 3.56. The van der Waals surface area contributed by atoms with E-state index in [9.17, 15) is 34.5 Å². The minimum Gasteiger partial charge on any atom is -0.406 e. The number of hydrogen-bond donors (Lipinski definition) is 10. The number of ether oxygens (including phenoxy) is 5. The molecule has 1 rings (SSSR count). The number of hydroxylamine groups is 5. The van der Waals surface area contributed by atoms with Crippen LogP contribution in [0.4, 0.5) is 19.2 Å². The second kappa shape index (κ2) is 8.46. The molecule has 0 aliphatic carbocycles. The molecule has 1 fully saturated rings. The van der Waals surface area contributed by atoms with Crippen molar-refractivity contribution in [2.75, 3.05) is 0 Å². The van der Waals surface area contributed by atoms with E-state index in [0.29, 0.717) is 5.48 Å². The Labute approximate surface area is 168 Å². The number of nitrogens with zero attached hydrogens (tertiary/aromatic N) is 2. The smallest absolute Gasteiger partial charge is 0.406 e. The summed E-state index contributed by atoms with van der Waals surface area (Å²) >= 11 is 0. The Morgan fingerprint density at radius 3 is 1.77 bits per heavy atom. The molecule has 21 nitrogen and oxygen atoms in total. The molecule has 0 bridgehead atoms. The van der Waals surface area contributed by atoms with Gasteiger partial charge < -0.3 is 40.0 Å². The molecule has 0 aromatic carbocycles. The summed E-state index contributed by atoms with van der Waals surface area (Å²) in [4.78, 5) is 45.8. The lowest BCUT2D eigenvalue weighted by Gasteiger charge is -2.41. The van der Waals surface area contributed by atoms with Crippen LogP contribution in [0, 0.1) is 0 Å². The highest BCUT2D eigenvalue weighted by Crippen LogP contribution is 2.55. The minimum atomic E-state index is -4.47. The van der Waals surface area contributed by atoms with Crippen LogP contribution in [0.25, 0.3) is 0 Å². The number of aliphatic hydroxyl groups is 3. The molecule has 0 radical (unpaired) electrons. The van der Waals surface area contributed by atoms with E-state index >= 15 is 0 Å². The molecule has 11 N–H and O–H groups in total. The summed E-state index contributed by atoms with van der Waals surface area (Å²) < 4.78 is 21.1. The quantitative estimate of drug-likeness (QED) is 0.0827. The fourth-order valence-corrected chi connectivity index (χ4v) is 2.32. The summed E-state index contributed by atoms with van der Waals surface area (Å²) in [5, 5.41) is 72.8. The molecule has 0 spiro atoms. The van der Waals surface area contributed by atoms with Gasteiger partial charge in [0.2, 0.25) is 0 Å². The number of carbonyl (C=O) groups is 4. The zero-order chi connectivity index (χ0) is 24.4. The summed E-state index contributed by atoms with van der Waals surface area (Å²) in [6, 6.07) is 0. The normalized spacial score (nSPS) is 31.9. The molecule has 31 heavy (non-hydrogen) atoms. The largest absolute Gasteiger partial charge is 0.462 e. The Morgan fingerprint density at radius 1 is 0.903 bits per heavy atom. The first kappa shape index (κ1) is 25.8. The van der Waals surface area contributed by atoms with E-state index in [2.05, 4.69) is 29.4 Å². The van der Waals surface area contributed by atoms with E-state index in [1.54, 1.807) is 0 Å². The Kier molecular flexibility index (Phi) is 7.03. The van der Waals surface area contributed by atoms with Gasteiger partial charge >= 0.3 is 41.9 Å². The van der Waals surface area contributed by atoms with Gasteiger partial charge in [0.25, 0.3) is 5.79 Å². The zero-order valence-corrected chi connectivity index (χ0v) is 14.9. The molecule has 1 heterocycles. The number of nitrogens with one attached hydrogen (secondary N) is 1. The van der Waals surface area contributed by atoms with Gasteiger partial charge in [0.05, 0.1) is 0 Å². The van der Waals surface area contributed by atoms with Gasteiger partial charge in [0, 0.05) is 6.42 Å². The molecule has 1 aliphatic rings. The molecular weight excluding hydrogens is 448 g/mol. The predicted octanol–water partition coefficient (Wildman–Crippen LogP) is -3.21. The molecule has 0 aromatic heterocycles. The first-order valence-corrected chi connectivity index (χ1v) is 7.35. The van der Waals surface area contributed by atoms with Crippen molar-refractivity contribution in [3.05, 3.63) is 0 Å². The number of carbonyl (C=O) groups excluding carboxylic acids is 4. The summed E-state index contributed by atoms with van der Waals surface area (Å²) in [5.74, 6) is -16.7. The molecule has 4 unspecified atom stereocenters. The SMILES string of the molecule is CCC1(OC(=O)N(O)O)OC(O)(OC(N)=O)C(O)(OC(=O)NO)C1(O)OC(=O)N(O)O. The summed E-state index contributed by atoms with van der Waals surface area (Å²) in [7, 11) is 0. The van der Waals surface area contributed by atoms with Crippen LogP contribution in [0.15, 0.2) is 0 Å². The average Bonchev–Trinajstić information content (AvgIpc) is 2.77. The van der Waals surface area contributed by atoms with Crippen LogP contribution in [-0.4, -0.2) is 99.5 Å². The summed E-state index contributed by atoms with van der Waals surface area (Å²) in [6.45, 7) is 0.864.